The minimum absolute atomic E-state index is 0.163. The number of carbonyl (C=O) groups excluding carboxylic acids is 2. The lowest BCUT2D eigenvalue weighted by atomic mass is 9.84. The van der Waals surface area contributed by atoms with E-state index in [0.717, 1.165) is 32.5 Å². The summed E-state index contributed by atoms with van der Waals surface area (Å²) in [7, 11) is 0. The highest BCUT2D eigenvalue weighted by molar-refractivity contribution is 5.92. The molecule has 2 aliphatic heterocycles. The van der Waals surface area contributed by atoms with Crippen molar-refractivity contribution < 1.29 is 14.3 Å². The predicted molar refractivity (Wildman–Crippen MR) is 135 cm³/mol. The molecular weight excluding hydrogens is 426 g/mol. The molecule has 4 rings (SSSR count). The van der Waals surface area contributed by atoms with Crippen LogP contribution in [0, 0.1) is 5.92 Å². The number of piperidine rings is 1. The first-order valence-electron chi connectivity index (χ1n) is 13.3. The molecule has 2 saturated heterocycles. The zero-order valence-electron chi connectivity index (χ0n) is 21.3. The molecule has 3 atom stereocenters. The lowest BCUT2D eigenvalue weighted by Gasteiger charge is -2.40. The van der Waals surface area contributed by atoms with Gasteiger partial charge < -0.3 is 15.4 Å². The minimum Gasteiger partial charge on any atom is -0.444 e. The van der Waals surface area contributed by atoms with E-state index in [1.165, 1.54) is 50.5 Å². The lowest BCUT2D eigenvalue weighted by molar-refractivity contribution is 0.0159. The number of ether oxygens (including phenoxy) is 1. The molecule has 3 fully saturated rings. The highest BCUT2D eigenvalue weighted by Crippen LogP contribution is 2.43. The quantitative estimate of drug-likeness (QED) is 0.587. The molecule has 0 unspecified atom stereocenters. The van der Waals surface area contributed by atoms with Crippen LogP contribution in [0.1, 0.15) is 100 Å². The molecule has 188 valence electrons. The third kappa shape index (κ3) is 6.32. The molecular formula is C28H43N3O3. The topological polar surface area (TPSA) is 75.9 Å². The largest absolute Gasteiger partial charge is 0.444 e. The number of hydrogen-bond donors (Lipinski definition) is 1. The number of rotatable bonds is 7. The third-order valence-corrected chi connectivity index (χ3v) is 8.01. The Balaban J connectivity index is 1.38. The van der Waals surface area contributed by atoms with Crippen LogP contribution in [-0.2, 0) is 4.74 Å². The number of primary amides is 1. The Morgan fingerprint density at radius 3 is 2.35 bits per heavy atom. The van der Waals surface area contributed by atoms with Gasteiger partial charge in [-0.2, -0.15) is 0 Å². The van der Waals surface area contributed by atoms with Gasteiger partial charge in [0.05, 0.1) is 0 Å². The molecule has 1 aromatic rings. The van der Waals surface area contributed by atoms with Crippen molar-refractivity contribution in [1.82, 2.24) is 9.80 Å². The maximum absolute atomic E-state index is 13.1. The van der Waals surface area contributed by atoms with Crippen molar-refractivity contribution in [2.24, 2.45) is 11.7 Å². The van der Waals surface area contributed by atoms with E-state index in [-0.39, 0.29) is 12.0 Å². The Labute approximate surface area is 205 Å². The van der Waals surface area contributed by atoms with Gasteiger partial charge in [-0.3, -0.25) is 9.69 Å². The fourth-order valence-corrected chi connectivity index (χ4v) is 6.36. The van der Waals surface area contributed by atoms with Gasteiger partial charge in [-0.1, -0.05) is 31.4 Å². The summed E-state index contributed by atoms with van der Waals surface area (Å²) in [5.41, 5.74) is 6.87. The summed E-state index contributed by atoms with van der Waals surface area (Å²) in [4.78, 5) is 29.3. The van der Waals surface area contributed by atoms with E-state index in [9.17, 15) is 9.59 Å². The summed E-state index contributed by atoms with van der Waals surface area (Å²) >= 11 is 0. The third-order valence-electron chi connectivity index (χ3n) is 8.01. The van der Waals surface area contributed by atoms with E-state index in [1.54, 1.807) is 6.07 Å². The van der Waals surface area contributed by atoms with Crippen LogP contribution in [0.15, 0.2) is 24.3 Å². The molecule has 3 aliphatic rings. The smallest absolute Gasteiger partial charge is 0.410 e. The van der Waals surface area contributed by atoms with Crippen LogP contribution in [0.3, 0.4) is 0 Å². The van der Waals surface area contributed by atoms with Crippen molar-refractivity contribution in [3.8, 4) is 0 Å². The van der Waals surface area contributed by atoms with Gasteiger partial charge in [0.15, 0.2) is 0 Å². The second-order valence-corrected chi connectivity index (χ2v) is 11.7. The molecule has 2 amide bonds. The fourth-order valence-electron chi connectivity index (χ4n) is 6.36. The average molecular weight is 470 g/mol. The molecule has 34 heavy (non-hydrogen) atoms. The zero-order valence-corrected chi connectivity index (χ0v) is 21.3. The van der Waals surface area contributed by atoms with Crippen LogP contribution in [-0.4, -0.2) is 59.1 Å². The average Bonchev–Trinajstić information content (AvgIpc) is 3.02. The molecule has 2 heterocycles. The van der Waals surface area contributed by atoms with Crippen molar-refractivity contribution in [1.29, 1.82) is 0 Å². The van der Waals surface area contributed by atoms with Gasteiger partial charge in [0, 0.05) is 37.3 Å². The lowest BCUT2D eigenvalue weighted by Crippen LogP contribution is -2.48. The molecule has 6 heteroatoms. The molecule has 1 aromatic carbocycles. The molecule has 1 saturated carbocycles. The Morgan fingerprint density at radius 1 is 1.06 bits per heavy atom. The first kappa shape index (κ1) is 25.0. The summed E-state index contributed by atoms with van der Waals surface area (Å²) in [5.74, 6) is 0.709. The van der Waals surface area contributed by atoms with Crippen molar-refractivity contribution in [3.05, 3.63) is 35.4 Å². The molecule has 6 nitrogen and oxygen atoms in total. The highest BCUT2D eigenvalue weighted by atomic mass is 16.6. The second-order valence-electron chi connectivity index (χ2n) is 11.7. The summed E-state index contributed by atoms with van der Waals surface area (Å²) in [6.45, 7) is 8.31. The highest BCUT2D eigenvalue weighted by Gasteiger charge is 2.41. The number of nitrogens with two attached hydrogens (primary N) is 1. The molecule has 0 spiro atoms. The maximum Gasteiger partial charge on any atom is 0.410 e. The van der Waals surface area contributed by atoms with E-state index < -0.39 is 5.60 Å². The monoisotopic (exact) mass is 469 g/mol. The van der Waals surface area contributed by atoms with Gasteiger partial charge in [0.25, 0.3) is 0 Å². The van der Waals surface area contributed by atoms with Crippen LogP contribution in [0.25, 0.3) is 0 Å². The summed E-state index contributed by atoms with van der Waals surface area (Å²) in [6, 6.07) is 8.95. The number of nitrogens with zero attached hydrogens (tertiary/aromatic N) is 2. The van der Waals surface area contributed by atoms with E-state index in [2.05, 4.69) is 11.0 Å². The first-order valence-corrected chi connectivity index (χ1v) is 13.3. The van der Waals surface area contributed by atoms with E-state index >= 15 is 0 Å². The predicted octanol–water partition coefficient (Wildman–Crippen LogP) is 5.31. The van der Waals surface area contributed by atoms with Crippen LogP contribution in [0.4, 0.5) is 4.79 Å². The fraction of sp³-hybridized carbons (Fsp3) is 0.714. The van der Waals surface area contributed by atoms with E-state index in [0.29, 0.717) is 29.5 Å². The summed E-state index contributed by atoms with van der Waals surface area (Å²) < 4.78 is 5.79. The minimum atomic E-state index is -0.473. The van der Waals surface area contributed by atoms with Gasteiger partial charge in [0.2, 0.25) is 5.91 Å². The number of benzene rings is 1. The Hall–Kier alpha value is -2.08. The van der Waals surface area contributed by atoms with Crippen LogP contribution in [0.5, 0.6) is 0 Å². The van der Waals surface area contributed by atoms with Gasteiger partial charge >= 0.3 is 6.09 Å². The Kier molecular flexibility index (Phi) is 7.86. The number of hydrogen-bond acceptors (Lipinski definition) is 4. The Bertz CT molecular complexity index is 845. The van der Waals surface area contributed by atoms with Gasteiger partial charge in [0.1, 0.15) is 5.60 Å². The van der Waals surface area contributed by atoms with Crippen LogP contribution in [0.2, 0.25) is 0 Å². The standard InChI is InChI=1S/C28H43N3O3/c1-28(2,3)34-27(33)30(19-20-8-5-4-6-9-20)14-15-31-24-12-13-25(31)18-23(17-24)21-10-7-11-22(16-21)26(29)32/h7,10-11,16,20,23-25H,4-6,8-9,12-15,17-19H2,1-3H3,(H2,29,32)/t23-,24+,25-. The SMILES string of the molecule is CC(C)(C)OC(=O)N(CCN1[C@@H]2CC[C@H]1C[C@@H](c1cccc(C(N)=O)c1)C2)CC1CCCCC1. The van der Waals surface area contributed by atoms with E-state index in [4.69, 9.17) is 10.5 Å². The molecule has 0 radical (unpaired) electrons. The molecule has 0 aromatic heterocycles. The number of amides is 2. The van der Waals surface area contributed by atoms with Gasteiger partial charge in [-0.25, -0.2) is 4.79 Å². The maximum atomic E-state index is 13.1. The van der Waals surface area contributed by atoms with E-state index in [1.807, 2.05) is 37.8 Å². The summed E-state index contributed by atoms with van der Waals surface area (Å²) in [5, 5.41) is 0. The second kappa shape index (κ2) is 10.7. The van der Waals surface area contributed by atoms with Gasteiger partial charge in [-0.15, -0.1) is 0 Å². The Morgan fingerprint density at radius 2 is 1.74 bits per heavy atom. The molecule has 2 N–H and O–H groups in total. The van der Waals surface area contributed by atoms with Crippen molar-refractivity contribution in [2.75, 3.05) is 19.6 Å². The van der Waals surface area contributed by atoms with Crippen molar-refractivity contribution in [2.45, 2.75) is 102 Å². The van der Waals surface area contributed by atoms with Crippen LogP contribution < -0.4 is 5.73 Å². The summed E-state index contributed by atoms with van der Waals surface area (Å²) in [6.07, 6.45) is 10.8. The molecule has 1 aliphatic carbocycles. The van der Waals surface area contributed by atoms with Crippen LogP contribution >= 0.6 is 0 Å². The van der Waals surface area contributed by atoms with Crippen molar-refractivity contribution >= 4 is 12.0 Å². The first-order chi connectivity index (χ1) is 16.2. The number of fused-ring (bicyclic) bond motifs is 2. The van der Waals surface area contributed by atoms with Crippen molar-refractivity contribution in [3.63, 3.8) is 0 Å². The zero-order chi connectivity index (χ0) is 24.3. The van der Waals surface area contributed by atoms with Gasteiger partial charge in [-0.05, 0) is 88.8 Å². The molecule has 2 bridgehead atoms. The normalized spacial score (nSPS) is 25.8. The number of carbonyl (C=O) groups is 2.